The number of nitrogens with zero attached hydrogens (tertiary/aromatic N) is 2. The molecule has 1 aromatic carbocycles. The smallest absolute Gasteiger partial charge is 0.356 e. The number of thiazole rings is 1. The van der Waals surface area contributed by atoms with Gasteiger partial charge < -0.3 is 10.6 Å². The molecule has 2 N–H and O–H groups in total. The molecule has 0 saturated heterocycles. The third kappa shape index (κ3) is 7.30. The highest BCUT2D eigenvalue weighted by Gasteiger charge is 2.33. The van der Waals surface area contributed by atoms with Gasteiger partial charge in [0.2, 0.25) is 0 Å². The lowest BCUT2D eigenvalue weighted by molar-refractivity contribution is -0.141. The lowest BCUT2D eigenvalue weighted by atomic mass is 10.1. The van der Waals surface area contributed by atoms with E-state index in [1.165, 1.54) is 19.2 Å². The van der Waals surface area contributed by atoms with Gasteiger partial charge in [0.1, 0.15) is 0 Å². The van der Waals surface area contributed by atoms with E-state index in [2.05, 4.69) is 32.5 Å². The number of hydrogen-bond acceptors (Lipinski definition) is 3. The Labute approximate surface area is 167 Å². The van der Waals surface area contributed by atoms with Crippen molar-refractivity contribution in [2.45, 2.75) is 18.8 Å². The molecule has 0 saturated carbocycles. The Kier molecular flexibility index (Phi) is 7.50. The van der Waals surface area contributed by atoms with Crippen molar-refractivity contribution in [1.29, 1.82) is 0 Å². The summed E-state index contributed by atoms with van der Waals surface area (Å²) in [6, 6.07) is 4.68. The number of halogens is 6. The molecule has 0 unspecified atom stereocenters. The maximum Gasteiger partial charge on any atom is 0.434 e. The van der Waals surface area contributed by atoms with E-state index in [1.54, 1.807) is 0 Å². The van der Waals surface area contributed by atoms with Crippen LogP contribution < -0.4 is 10.6 Å². The number of hydrogen-bond donors (Lipinski definition) is 2. The molecule has 0 spiro atoms. The predicted octanol–water partition coefficient (Wildman–Crippen LogP) is 3.94. The van der Waals surface area contributed by atoms with Crippen LogP contribution in [0, 0.1) is 11.8 Å². The van der Waals surface area contributed by atoms with Crippen molar-refractivity contribution in [3.05, 3.63) is 51.5 Å². The molecule has 0 fully saturated rings. The Morgan fingerprint density at radius 3 is 2.52 bits per heavy atom. The molecule has 0 atom stereocenters. The maximum absolute atomic E-state index is 12.7. The summed E-state index contributed by atoms with van der Waals surface area (Å²) in [5, 5.41) is 7.05. The highest BCUT2D eigenvalue weighted by atomic mass is 32.1. The van der Waals surface area contributed by atoms with E-state index in [4.69, 9.17) is 0 Å². The molecule has 4 nitrogen and oxygen atoms in total. The van der Waals surface area contributed by atoms with Crippen LogP contribution in [-0.2, 0) is 18.8 Å². The van der Waals surface area contributed by atoms with E-state index in [9.17, 15) is 26.3 Å². The van der Waals surface area contributed by atoms with E-state index in [-0.39, 0.29) is 18.5 Å². The minimum Gasteiger partial charge on any atom is -0.356 e. The second-order valence-corrected chi connectivity index (χ2v) is 6.55. The normalized spacial score (nSPS) is 12.3. The Bertz CT molecular complexity index is 905. The molecule has 0 aliphatic carbocycles. The van der Waals surface area contributed by atoms with E-state index in [0.29, 0.717) is 17.5 Å². The number of guanidine groups is 1. The first kappa shape index (κ1) is 22.5. The number of aromatic nitrogens is 1. The van der Waals surface area contributed by atoms with Crippen molar-refractivity contribution >= 4 is 17.3 Å². The Morgan fingerprint density at radius 1 is 1.14 bits per heavy atom. The molecular weight excluding hydrogens is 418 g/mol. The van der Waals surface area contributed by atoms with E-state index in [0.717, 1.165) is 28.8 Å². The predicted molar refractivity (Wildman–Crippen MR) is 98.5 cm³/mol. The topological polar surface area (TPSA) is 49.3 Å². The van der Waals surface area contributed by atoms with Crippen LogP contribution in [0.15, 0.2) is 34.6 Å². The number of rotatable bonds is 4. The Balaban J connectivity index is 1.80. The van der Waals surface area contributed by atoms with Crippen LogP contribution in [0.1, 0.15) is 21.8 Å². The molecule has 0 bridgehead atoms. The minimum absolute atomic E-state index is 0.116. The van der Waals surface area contributed by atoms with Crippen LogP contribution in [0.3, 0.4) is 0 Å². The zero-order valence-corrected chi connectivity index (χ0v) is 15.9. The first-order valence-electron chi connectivity index (χ1n) is 8.22. The molecule has 11 heteroatoms. The molecular formula is C18H16F6N4S. The van der Waals surface area contributed by atoms with Gasteiger partial charge in [-0.2, -0.15) is 26.3 Å². The van der Waals surface area contributed by atoms with Gasteiger partial charge >= 0.3 is 12.4 Å². The molecule has 0 radical (unpaired) electrons. The Hall–Kier alpha value is -2.74. The monoisotopic (exact) mass is 434 g/mol. The van der Waals surface area contributed by atoms with Gasteiger partial charge in [-0.15, -0.1) is 11.3 Å². The van der Waals surface area contributed by atoms with Crippen LogP contribution in [0.5, 0.6) is 0 Å². The largest absolute Gasteiger partial charge is 0.434 e. The molecule has 0 amide bonds. The van der Waals surface area contributed by atoms with Gasteiger partial charge in [0.25, 0.3) is 0 Å². The summed E-state index contributed by atoms with van der Waals surface area (Å²) in [6.45, 7) is 0.414. The average molecular weight is 434 g/mol. The molecule has 1 aromatic heterocycles. The van der Waals surface area contributed by atoms with Crippen molar-refractivity contribution in [3.63, 3.8) is 0 Å². The van der Waals surface area contributed by atoms with Crippen LogP contribution >= 0.6 is 11.3 Å². The molecule has 2 aromatic rings. The summed E-state index contributed by atoms with van der Waals surface area (Å²) >= 11 is 0.924. The molecule has 2 rings (SSSR count). The van der Waals surface area contributed by atoms with E-state index < -0.39 is 23.6 Å². The van der Waals surface area contributed by atoms with E-state index >= 15 is 0 Å². The van der Waals surface area contributed by atoms with Gasteiger partial charge in [-0.1, -0.05) is 17.9 Å². The lowest BCUT2D eigenvalue weighted by Gasteiger charge is -2.09. The van der Waals surface area contributed by atoms with E-state index in [1.807, 2.05) is 0 Å². The van der Waals surface area contributed by atoms with Gasteiger partial charge in [0.05, 0.1) is 17.1 Å². The summed E-state index contributed by atoms with van der Waals surface area (Å²) in [5.74, 6) is 5.67. The van der Waals surface area contributed by atoms with Crippen LogP contribution in [0.4, 0.5) is 26.3 Å². The van der Waals surface area contributed by atoms with Crippen LogP contribution in [-0.4, -0.2) is 31.1 Å². The van der Waals surface area contributed by atoms with Crippen molar-refractivity contribution in [1.82, 2.24) is 15.6 Å². The fourth-order valence-corrected chi connectivity index (χ4v) is 2.92. The number of aliphatic imine (C=N–C) groups is 1. The average Bonchev–Trinajstić information content (AvgIpc) is 3.12. The molecule has 156 valence electrons. The summed E-state index contributed by atoms with van der Waals surface area (Å²) in [5.41, 5.74) is -1.45. The summed E-state index contributed by atoms with van der Waals surface area (Å²) in [7, 11) is 1.50. The summed E-state index contributed by atoms with van der Waals surface area (Å²) < 4.78 is 75.5. The Morgan fingerprint density at radius 2 is 1.90 bits per heavy atom. The zero-order chi connectivity index (χ0) is 21.5. The number of nitrogens with one attached hydrogen (secondary N) is 2. The summed E-state index contributed by atoms with van der Waals surface area (Å²) in [4.78, 5) is 7.46. The molecule has 29 heavy (non-hydrogen) atoms. The molecule has 0 aliphatic rings. The number of benzene rings is 1. The number of alkyl halides is 6. The standard InChI is InChI=1S/C18H16F6N4S/c1-25-16(27-9-7-15-28-14(11-29-15)18(22,23)24)26-8-3-5-12-4-2-6-13(10-12)17(19,20)21/h2,4,6,10-11H,7-9H2,1H3,(H2,25,26,27). The SMILES string of the molecule is CN=C(NCC#Cc1cccc(C(F)(F)F)c1)NCCc1nc(C(F)(F)F)cs1. The molecule has 1 heterocycles. The fraction of sp³-hybridized carbons (Fsp3) is 0.333. The minimum atomic E-state index is -4.46. The van der Waals surface area contributed by atoms with Crippen molar-refractivity contribution in [2.24, 2.45) is 4.99 Å². The first-order valence-corrected chi connectivity index (χ1v) is 9.10. The van der Waals surface area contributed by atoms with Crippen molar-refractivity contribution in [2.75, 3.05) is 20.1 Å². The second-order valence-electron chi connectivity index (χ2n) is 5.61. The van der Waals surface area contributed by atoms with Gasteiger partial charge in [-0.25, -0.2) is 4.98 Å². The fourth-order valence-electron chi connectivity index (χ4n) is 2.11. The van der Waals surface area contributed by atoms with Gasteiger partial charge in [0.15, 0.2) is 11.7 Å². The van der Waals surface area contributed by atoms with Crippen molar-refractivity contribution in [3.8, 4) is 11.8 Å². The third-order valence-corrected chi connectivity index (χ3v) is 4.37. The quantitative estimate of drug-likeness (QED) is 0.332. The van der Waals surface area contributed by atoms with Gasteiger partial charge in [-0.3, -0.25) is 4.99 Å². The van der Waals surface area contributed by atoms with Gasteiger partial charge in [0, 0.05) is 31.0 Å². The zero-order valence-electron chi connectivity index (χ0n) is 15.1. The third-order valence-electron chi connectivity index (χ3n) is 3.46. The van der Waals surface area contributed by atoms with Crippen molar-refractivity contribution < 1.29 is 26.3 Å². The van der Waals surface area contributed by atoms with Gasteiger partial charge in [-0.05, 0) is 18.2 Å². The van der Waals surface area contributed by atoms with Crippen LogP contribution in [0.25, 0.3) is 0 Å². The maximum atomic E-state index is 12.7. The first-order chi connectivity index (χ1) is 13.6. The van der Waals surface area contributed by atoms with Crippen LogP contribution in [0.2, 0.25) is 0 Å². The highest BCUT2D eigenvalue weighted by molar-refractivity contribution is 7.09. The highest BCUT2D eigenvalue weighted by Crippen LogP contribution is 2.30. The second kappa shape index (κ2) is 9.65. The lowest BCUT2D eigenvalue weighted by Crippen LogP contribution is -2.38. The molecule has 0 aliphatic heterocycles. The summed E-state index contributed by atoms with van der Waals surface area (Å²) in [6.07, 6.45) is -8.62.